The molecule has 154 valence electrons. The fourth-order valence-electron chi connectivity index (χ4n) is 3.83. The number of hydrogen-bond acceptors (Lipinski definition) is 1. The molecule has 0 aromatic heterocycles. The van der Waals surface area contributed by atoms with Gasteiger partial charge in [-0.2, -0.15) is 0 Å². The summed E-state index contributed by atoms with van der Waals surface area (Å²) in [5, 5.41) is 1.20. The van der Waals surface area contributed by atoms with E-state index in [4.69, 9.17) is 23.2 Å². The van der Waals surface area contributed by atoms with Gasteiger partial charge >= 0.3 is 0 Å². The lowest BCUT2D eigenvalue weighted by Crippen LogP contribution is -2.32. The SMILES string of the molecule is O=C(c1ccccc1Cl)N(CCc1ccc(Cl)cc1)Cc1ccc(C2CCC2)cc1. The fourth-order valence-corrected chi connectivity index (χ4v) is 4.17. The predicted molar refractivity (Wildman–Crippen MR) is 124 cm³/mol. The maximum Gasteiger partial charge on any atom is 0.255 e. The first-order valence-electron chi connectivity index (χ1n) is 10.5. The van der Waals surface area contributed by atoms with Gasteiger partial charge in [-0.25, -0.2) is 0 Å². The zero-order valence-corrected chi connectivity index (χ0v) is 18.4. The van der Waals surface area contributed by atoms with Crippen LogP contribution < -0.4 is 0 Å². The van der Waals surface area contributed by atoms with Crippen LogP contribution in [0.3, 0.4) is 0 Å². The molecule has 4 rings (SSSR count). The maximum absolute atomic E-state index is 13.3. The molecule has 1 saturated carbocycles. The molecule has 0 heterocycles. The topological polar surface area (TPSA) is 20.3 Å². The Kier molecular flexibility index (Phi) is 6.76. The lowest BCUT2D eigenvalue weighted by atomic mass is 9.80. The van der Waals surface area contributed by atoms with Gasteiger partial charge in [-0.1, -0.05) is 78.2 Å². The average molecular weight is 438 g/mol. The van der Waals surface area contributed by atoms with Crippen LogP contribution >= 0.6 is 23.2 Å². The molecule has 2 nitrogen and oxygen atoms in total. The van der Waals surface area contributed by atoms with Crippen LogP contribution in [0.2, 0.25) is 10.0 Å². The van der Waals surface area contributed by atoms with Crippen LogP contribution in [-0.2, 0) is 13.0 Å². The molecule has 1 amide bonds. The lowest BCUT2D eigenvalue weighted by molar-refractivity contribution is 0.0745. The van der Waals surface area contributed by atoms with Gasteiger partial charge in [-0.3, -0.25) is 4.79 Å². The van der Waals surface area contributed by atoms with Crippen LogP contribution in [0.25, 0.3) is 0 Å². The van der Waals surface area contributed by atoms with Crippen LogP contribution in [0.1, 0.15) is 52.2 Å². The largest absolute Gasteiger partial charge is 0.334 e. The molecule has 0 saturated heterocycles. The summed E-state index contributed by atoms with van der Waals surface area (Å²) in [6.07, 6.45) is 4.67. The molecule has 0 aliphatic heterocycles. The van der Waals surface area contributed by atoms with E-state index in [1.165, 1.54) is 24.8 Å². The molecular weight excluding hydrogens is 413 g/mol. The van der Waals surface area contributed by atoms with Gasteiger partial charge < -0.3 is 4.90 Å². The van der Waals surface area contributed by atoms with Crippen LogP contribution in [0.5, 0.6) is 0 Å². The summed E-state index contributed by atoms with van der Waals surface area (Å²) < 4.78 is 0. The zero-order chi connectivity index (χ0) is 20.9. The molecular formula is C26H25Cl2NO. The van der Waals surface area contributed by atoms with Crippen molar-refractivity contribution in [1.82, 2.24) is 4.90 Å². The molecule has 0 N–H and O–H groups in total. The van der Waals surface area contributed by atoms with Crippen LogP contribution in [0, 0.1) is 0 Å². The van der Waals surface area contributed by atoms with Gasteiger partial charge in [-0.05, 0) is 66.1 Å². The van der Waals surface area contributed by atoms with Crippen molar-refractivity contribution < 1.29 is 4.79 Å². The zero-order valence-electron chi connectivity index (χ0n) is 16.9. The number of benzene rings is 3. The number of nitrogens with zero attached hydrogens (tertiary/aromatic N) is 1. The van der Waals surface area contributed by atoms with Crippen LogP contribution in [-0.4, -0.2) is 17.4 Å². The van der Waals surface area contributed by atoms with E-state index in [0.717, 1.165) is 17.5 Å². The highest BCUT2D eigenvalue weighted by molar-refractivity contribution is 6.33. The van der Waals surface area contributed by atoms with E-state index < -0.39 is 0 Å². The molecule has 30 heavy (non-hydrogen) atoms. The quantitative estimate of drug-likeness (QED) is 0.384. The van der Waals surface area contributed by atoms with E-state index in [1.54, 1.807) is 12.1 Å². The molecule has 3 aromatic rings. The number of amides is 1. The van der Waals surface area contributed by atoms with E-state index in [0.29, 0.717) is 34.6 Å². The molecule has 3 aromatic carbocycles. The third-order valence-electron chi connectivity index (χ3n) is 5.90. The van der Waals surface area contributed by atoms with Crippen molar-refractivity contribution in [1.29, 1.82) is 0 Å². The third kappa shape index (κ3) is 5.06. The predicted octanol–water partition coefficient (Wildman–Crippen LogP) is 7.15. The molecule has 0 atom stereocenters. The van der Waals surface area contributed by atoms with Gasteiger partial charge in [0.2, 0.25) is 0 Å². The Balaban J connectivity index is 1.52. The van der Waals surface area contributed by atoms with Gasteiger partial charge in [0.25, 0.3) is 5.91 Å². The number of carbonyl (C=O) groups is 1. The monoisotopic (exact) mass is 437 g/mol. The lowest BCUT2D eigenvalue weighted by Gasteiger charge is -2.27. The fraction of sp³-hybridized carbons (Fsp3) is 0.269. The van der Waals surface area contributed by atoms with E-state index in [9.17, 15) is 4.79 Å². The van der Waals surface area contributed by atoms with Crippen molar-refractivity contribution in [3.8, 4) is 0 Å². The Bertz CT molecular complexity index is 994. The summed E-state index contributed by atoms with van der Waals surface area (Å²) in [7, 11) is 0. The smallest absolute Gasteiger partial charge is 0.255 e. The summed E-state index contributed by atoms with van der Waals surface area (Å²) >= 11 is 12.3. The molecule has 1 fully saturated rings. The molecule has 1 aliphatic carbocycles. The minimum absolute atomic E-state index is 0.0439. The van der Waals surface area contributed by atoms with Gasteiger partial charge in [0.15, 0.2) is 0 Å². The van der Waals surface area contributed by atoms with Crippen LogP contribution in [0.15, 0.2) is 72.8 Å². The Morgan fingerprint density at radius 1 is 0.867 bits per heavy atom. The van der Waals surface area contributed by atoms with Gasteiger partial charge in [0.05, 0.1) is 10.6 Å². The van der Waals surface area contributed by atoms with Crippen LogP contribution in [0.4, 0.5) is 0 Å². The second kappa shape index (κ2) is 9.68. The summed E-state index contributed by atoms with van der Waals surface area (Å²) in [6, 6.07) is 23.8. The highest BCUT2D eigenvalue weighted by Gasteiger charge is 2.21. The number of carbonyl (C=O) groups excluding carboxylic acids is 1. The minimum atomic E-state index is -0.0439. The first-order chi connectivity index (χ1) is 14.6. The molecule has 0 unspecified atom stereocenters. The highest BCUT2D eigenvalue weighted by Crippen LogP contribution is 2.36. The summed E-state index contributed by atoms with van der Waals surface area (Å²) in [4.78, 5) is 15.2. The Hall–Kier alpha value is -2.29. The average Bonchev–Trinajstić information content (AvgIpc) is 2.72. The number of rotatable bonds is 7. The molecule has 4 heteroatoms. The van der Waals surface area contributed by atoms with Crippen molar-refractivity contribution >= 4 is 29.1 Å². The Labute approximate surface area is 188 Å². The molecule has 0 bridgehead atoms. The van der Waals surface area contributed by atoms with Crippen molar-refractivity contribution in [3.63, 3.8) is 0 Å². The highest BCUT2D eigenvalue weighted by atomic mass is 35.5. The summed E-state index contributed by atoms with van der Waals surface area (Å²) in [5.41, 5.74) is 4.24. The van der Waals surface area contributed by atoms with Gasteiger partial charge in [0, 0.05) is 18.1 Å². The Morgan fingerprint density at radius 3 is 2.17 bits per heavy atom. The molecule has 0 radical (unpaired) electrons. The van der Waals surface area contributed by atoms with Gasteiger partial charge in [-0.15, -0.1) is 0 Å². The minimum Gasteiger partial charge on any atom is -0.334 e. The van der Waals surface area contributed by atoms with E-state index >= 15 is 0 Å². The first-order valence-corrected chi connectivity index (χ1v) is 11.2. The Morgan fingerprint density at radius 2 is 1.53 bits per heavy atom. The van der Waals surface area contributed by atoms with E-state index in [-0.39, 0.29) is 5.91 Å². The standard InChI is InChI=1S/C26H25Cl2NO/c27-23-14-10-19(11-15-23)16-17-29(26(30)24-6-1-2-7-25(24)28)18-20-8-12-22(13-9-20)21-4-3-5-21/h1-2,6-15,21H,3-5,16-18H2. The van der Waals surface area contributed by atoms with E-state index in [2.05, 4.69) is 24.3 Å². The second-order valence-corrected chi connectivity index (χ2v) is 8.80. The number of halogens is 2. The van der Waals surface area contributed by atoms with Crippen molar-refractivity contribution in [2.45, 2.75) is 38.1 Å². The summed E-state index contributed by atoms with van der Waals surface area (Å²) in [5.74, 6) is 0.669. The first kappa shape index (κ1) is 21.0. The summed E-state index contributed by atoms with van der Waals surface area (Å²) in [6.45, 7) is 1.17. The van der Waals surface area contributed by atoms with E-state index in [1.807, 2.05) is 41.3 Å². The van der Waals surface area contributed by atoms with Gasteiger partial charge in [0.1, 0.15) is 0 Å². The second-order valence-electron chi connectivity index (χ2n) is 7.95. The third-order valence-corrected chi connectivity index (χ3v) is 6.49. The molecule has 0 spiro atoms. The van der Waals surface area contributed by atoms with Crippen molar-refractivity contribution in [2.75, 3.05) is 6.54 Å². The van der Waals surface area contributed by atoms with Crippen molar-refractivity contribution in [3.05, 3.63) is 105 Å². The normalized spacial score (nSPS) is 13.7. The maximum atomic E-state index is 13.3. The number of hydrogen-bond donors (Lipinski definition) is 0. The van der Waals surface area contributed by atoms with Crippen molar-refractivity contribution in [2.24, 2.45) is 0 Å². The molecule has 1 aliphatic rings.